The Morgan fingerprint density at radius 2 is 1.88 bits per heavy atom. The lowest BCUT2D eigenvalue weighted by Gasteiger charge is -2.07. The van der Waals surface area contributed by atoms with Crippen molar-refractivity contribution in [1.29, 1.82) is 0 Å². The number of anilines is 1. The molecule has 0 aliphatic carbocycles. The number of hydrazine groups is 1. The molecule has 0 amide bonds. The van der Waals surface area contributed by atoms with Crippen molar-refractivity contribution in [2.24, 2.45) is 5.84 Å². The number of nitrogens with one attached hydrogen (secondary N) is 1. The molecular weight excluding hydrogens is 289 g/mol. The molecule has 0 atom stereocenters. The Kier molecular flexibility index (Phi) is 4.13. The topological polar surface area (TPSA) is 50.9 Å². The third-order valence-electron chi connectivity index (χ3n) is 2.44. The molecule has 2 aromatic rings. The largest absolute Gasteiger partial charge is 0.308 e. The lowest BCUT2D eigenvalue weighted by atomic mass is 10.1. The first-order chi connectivity index (χ1) is 7.11. The van der Waals surface area contributed by atoms with Gasteiger partial charge in [0.2, 0.25) is 0 Å². The smallest absolute Gasteiger partial charge is 0.140 e. The van der Waals surface area contributed by atoms with Crippen molar-refractivity contribution in [3.63, 3.8) is 0 Å². The summed E-state index contributed by atoms with van der Waals surface area (Å²) < 4.78 is 1.07. The van der Waals surface area contributed by atoms with E-state index >= 15 is 0 Å². The van der Waals surface area contributed by atoms with Crippen LogP contribution < -0.4 is 11.3 Å². The first-order valence-corrected chi connectivity index (χ1v) is 5.45. The fraction of sp³-hybridized carbons (Fsp3) is 0.182. The van der Waals surface area contributed by atoms with Crippen molar-refractivity contribution in [2.75, 3.05) is 5.43 Å². The van der Waals surface area contributed by atoms with Gasteiger partial charge in [0.15, 0.2) is 0 Å². The lowest BCUT2D eigenvalue weighted by Crippen LogP contribution is -2.08. The molecule has 86 valence electrons. The van der Waals surface area contributed by atoms with Gasteiger partial charge in [-0.1, -0.05) is 15.9 Å². The maximum absolute atomic E-state index is 5.35. The van der Waals surface area contributed by atoms with Crippen LogP contribution in [0.5, 0.6) is 0 Å². The van der Waals surface area contributed by atoms with E-state index in [9.17, 15) is 0 Å². The van der Waals surface area contributed by atoms with Crippen LogP contribution in [0, 0.1) is 13.8 Å². The second-order valence-electron chi connectivity index (χ2n) is 3.59. The number of aromatic nitrogens is 1. The van der Waals surface area contributed by atoms with Gasteiger partial charge in [0.1, 0.15) is 5.82 Å². The van der Waals surface area contributed by atoms with E-state index in [1.54, 1.807) is 0 Å². The lowest BCUT2D eigenvalue weighted by molar-refractivity contribution is 1.25. The minimum absolute atomic E-state index is 0. The average Bonchev–Trinajstić information content (AvgIpc) is 2.21. The molecule has 0 bridgehead atoms. The molecule has 3 nitrogen and oxygen atoms in total. The molecule has 16 heavy (non-hydrogen) atoms. The van der Waals surface area contributed by atoms with Crippen molar-refractivity contribution in [3.05, 3.63) is 33.8 Å². The number of nitrogens with two attached hydrogens (primary N) is 1. The molecular formula is C11H13BrClN3. The van der Waals surface area contributed by atoms with Crippen LogP contribution in [0.1, 0.15) is 11.1 Å². The van der Waals surface area contributed by atoms with E-state index in [1.807, 2.05) is 12.1 Å². The van der Waals surface area contributed by atoms with Crippen LogP contribution >= 0.6 is 28.3 Å². The van der Waals surface area contributed by atoms with E-state index in [1.165, 1.54) is 11.1 Å². The van der Waals surface area contributed by atoms with E-state index in [4.69, 9.17) is 5.84 Å². The Morgan fingerprint density at radius 1 is 1.19 bits per heavy atom. The van der Waals surface area contributed by atoms with Gasteiger partial charge in [-0.2, -0.15) is 0 Å². The van der Waals surface area contributed by atoms with Crippen LogP contribution in [0.3, 0.4) is 0 Å². The number of nitrogens with zero attached hydrogens (tertiary/aromatic N) is 1. The zero-order valence-electron chi connectivity index (χ0n) is 9.04. The van der Waals surface area contributed by atoms with E-state index in [0.29, 0.717) is 5.82 Å². The van der Waals surface area contributed by atoms with Gasteiger partial charge in [-0.3, -0.25) is 0 Å². The van der Waals surface area contributed by atoms with Gasteiger partial charge in [-0.25, -0.2) is 10.8 Å². The molecule has 5 heteroatoms. The minimum atomic E-state index is 0. The fourth-order valence-electron chi connectivity index (χ4n) is 1.60. The number of halogens is 2. The molecule has 0 unspecified atom stereocenters. The molecule has 0 spiro atoms. The monoisotopic (exact) mass is 301 g/mol. The van der Waals surface area contributed by atoms with Gasteiger partial charge in [-0.15, -0.1) is 12.4 Å². The number of nitrogen functional groups attached to an aromatic ring is 1. The highest BCUT2D eigenvalue weighted by Gasteiger charge is 2.04. The number of pyridine rings is 1. The highest BCUT2D eigenvalue weighted by molar-refractivity contribution is 9.10. The molecule has 0 fully saturated rings. The Morgan fingerprint density at radius 3 is 2.50 bits per heavy atom. The zero-order valence-corrected chi connectivity index (χ0v) is 11.4. The zero-order chi connectivity index (χ0) is 11.0. The first-order valence-electron chi connectivity index (χ1n) is 4.66. The summed E-state index contributed by atoms with van der Waals surface area (Å²) in [4.78, 5) is 4.39. The molecule has 1 heterocycles. The third-order valence-corrected chi connectivity index (χ3v) is 3.30. The highest BCUT2D eigenvalue weighted by Crippen LogP contribution is 2.26. The van der Waals surface area contributed by atoms with Gasteiger partial charge in [0, 0.05) is 9.86 Å². The van der Waals surface area contributed by atoms with E-state index in [2.05, 4.69) is 46.3 Å². The SMILES string of the molecule is Cc1cc2c(C)cc(NN)nc2cc1Br.Cl. The summed E-state index contributed by atoms with van der Waals surface area (Å²) in [5.41, 5.74) is 5.89. The first kappa shape index (κ1) is 13.2. The number of benzene rings is 1. The third kappa shape index (κ3) is 2.29. The predicted octanol–water partition coefficient (Wildman–Crippen LogP) is 3.32. The van der Waals surface area contributed by atoms with Gasteiger partial charge in [-0.05, 0) is 43.2 Å². The molecule has 2 rings (SSSR count). The number of hydrogen-bond acceptors (Lipinski definition) is 3. The minimum Gasteiger partial charge on any atom is -0.308 e. The average molecular weight is 303 g/mol. The van der Waals surface area contributed by atoms with Gasteiger partial charge in [0.25, 0.3) is 0 Å². The van der Waals surface area contributed by atoms with Crippen LogP contribution in [0.25, 0.3) is 10.9 Å². The van der Waals surface area contributed by atoms with Gasteiger partial charge in [0.05, 0.1) is 5.52 Å². The summed E-state index contributed by atoms with van der Waals surface area (Å²) in [5, 5.41) is 1.16. The summed E-state index contributed by atoms with van der Waals surface area (Å²) in [5.74, 6) is 6.04. The summed E-state index contributed by atoms with van der Waals surface area (Å²) in [6.07, 6.45) is 0. The van der Waals surface area contributed by atoms with Crippen LogP contribution in [0.4, 0.5) is 5.82 Å². The van der Waals surface area contributed by atoms with Crippen LogP contribution in [-0.2, 0) is 0 Å². The fourth-order valence-corrected chi connectivity index (χ4v) is 1.93. The van der Waals surface area contributed by atoms with E-state index in [0.717, 1.165) is 15.4 Å². The molecule has 0 aliphatic heterocycles. The standard InChI is InChI=1S/C11H12BrN3.ClH/c1-6-4-11(15-13)14-10-5-9(12)7(2)3-8(6)10;/h3-5H,13H2,1-2H3,(H,14,15);1H. The van der Waals surface area contributed by atoms with Gasteiger partial charge < -0.3 is 5.43 Å². The molecule has 0 saturated carbocycles. The van der Waals surface area contributed by atoms with Crippen molar-refractivity contribution in [1.82, 2.24) is 4.98 Å². The number of hydrogen-bond donors (Lipinski definition) is 2. The summed E-state index contributed by atoms with van der Waals surface area (Å²) >= 11 is 3.50. The number of rotatable bonds is 1. The van der Waals surface area contributed by atoms with Crippen LogP contribution in [0.2, 0.25) is 0 Å². The Balaban J connectivity index is 0.00000128. The van der Waals surface area contributed by atoms with Gasteiger partial charge >= 0.3 is 0 Å². The summed E-state index contributed by atoms with van der Waals surface area (Å²) in [6, 6.07) is 6.08. The molecule has 3 N–H and O–H groups in total. The number of fused-ring (bicyclic) bond motifs is 1. The maximum Gasteiger partial charge on any atom is 0.140 e. The summed E-state index contributed by atoms with van der Waals surface area (Å²) in [6.45, 7) is 4.12. The van der Waals surface area contributed by atoms with Crippen molar-refractivity contribution in [2.45, 2.75) is 13.8 Å². The Hall–Kier alpha value is -0.840. The van der Waals surface area contributed by atoms with E-state index < -0.39 is 0 Å². The molecule has 0 aliphatic rings. The Bertz CT molecular complexity index is 528. The molecule has 1 aromatic heterocycles. The molecule has 0 radical (unpaired) electrons. The number of aryl methyl sites for hydroxylation is 2. The van der Waals surface area contributed by atoms with Crippen LogP contribution in [-0.4, -0.2) is 4.98 Å². The predicted molar refractivity (Wildman–Crippen MR) is 74.0 cm³/mol. The maximum atomic E-state index is 5.35. The van der Waals surface area contributed by atoms with Crippen LogP contribution in [0.15, 0.2) is 22.7 Å². The van der Waals surface area contributed by atoms with Crippen molar-refractivity contribution < 1.29 is 0 Å². The quantitative estimate of drug-likeness (QED) is 0.627. The summed E-state index contributed by atoms with van der Waals surface area (Å²) in [7, 11) is 0. The highest BCUT2D eigenvalue weighted by atomic mass is 79.9. The normalized spacial score (nSPS) is 10.0. The molecule has 0 saturated heterocycles. The second kappa shape index (κ2) is 4.99. The van der Waals surface area contributed by atoms with E-state index in [-0.39, 0.29) is 12.4 Å². The van der Waals surface area contributed by atoms with Crippen molar-refractivity contribution in [3.8, 4) is 0 Å². The molecule has 1 aromatic carbocycles. The second-order valence-corrected chi connectivity index (χ2v) is 4.44. The Labute approximate surface area is 109 Å². The van der Waals surface area contributed by atoms with Crippen molar-refractivity contribution >= 4 is 45.1 Å².